The molecule has 5 nitrogen and oxygen atoms in total. The Kier molecular flexibility index (Phi) is 5.25. The van der Waals surface area contributed by atoms with E-state index in [0.717, 1.165) is 24.1 Å². The molecule has 1 aromatic carbocycles. The Hall–Kier alpha value is -1.34. The second-order valence-corrected chi connectivity index (χ2v) is 10.1. The highest BCUT2D eigenvalue weighted by Crippen LogP contribution is 2.41. The molecule has 0 N–H and O–H groups in total. The van der Waals surface area contributed by atoms with Gasteiger partial charge in [0.1, 0.15) is 0 Å². The number of anilines is 1. The van der Waals surface area contributed by atoms with Gasteiger partial charge in [0.25, 0.3) is 5.91 Å². The van der Waals surface area contributed by atoms with E-state index in [1.165, 1.54) is 11.8 Å². The van der Waals surface area contributed by atoms with E-state index >= 15 is 0 Å². The van der Waals surface area contributed by atoms with Crippen molar-refractivity contribution in [3.8, 4) is 0 Å². The molecule has 2 heterocycles. The summed E-state index contributed by atoms with van der Waals surface area (Å²) in [5.74, 6) is 0.101. The molecular formula is C18H24N2O3S2. The molecule has 2 fully saturated rings. The van der Waals surface area contributed by atoms with E-state index in [9.17, 15) is 13.2 Å². The Morgan fingerprint density at radius 3 is 2.48 bits per heavy atom. The molecule has 0 radical (unpaired) electrons. The first-order valence-corrected chi connectivity index (χ1v) is 11.4. The van der Waals surface area contributed by atoms with Crippen molar-refractivity contribution in [2.45, 2.75) is 44.9 Å². The minimum absolute atomic E-state index is 0.0560. The molecule has 2 aliphatic rings. The van der Waals surface area contributed by atoms with Gasteiger partial charge in [-0.25, -0.2) is 8.42 Å². The van der Waals surface area contributed by atoms with E-state index in [2.05, 4.69) is 4.99 Å². The number of hydrogen-bond acceptors (Lipinski definition) is 4. The number of fused-ring (bicyclic) bond motifs is 1. The molecule has 0 spiro atoms. The van der Waals surface area contributed by atoms with Crippen LogP contribution in [0.5, 0.6) is 0 Å². The molecule has 7 heteroatoms. The van der Waals surface area contributed by atoms with Crippen molar-refractivity contribution in [2.75, 3.05) is 16.4 Å². The van der Waals surface area contributed by atoms with Crippen molar-refractivity contribution >= 4 is 38.4 Å². The fraction of sp³-hybridized carbons (Fsp3) is 0.556. The van der Waals surface area contributed by atoms with Crippen molar-refractivity contribution in [2.24, 2.45) is 10.9 Å². The number of nitrogens with zero attached hydrogens (tertiary/aromatic N) is 2. The largest absolute Gasteiger partial charge is 0.316 e. The molecule has 0 unspecified atom stereocenters. The lowest BCUT2D eigenvalue weighted by atomic mass is 10.0. The lowest BCUT2D eigenvalue weighted by Crippen LogP contribution is -2.37. The molecule has 0 aromatic heterocycles. The minimum Gasteiger partial charge on any atom is -0.316 e. The van der Waals surface area contributed by atoms with Crippen molar-refractivity contribution in [3.05, 3.63) is 29.8 Å². The van der Waals surface area contributed by atoms with E-state index < -0.39 is 9.84 Å². The van der Waals surface area contributed by atoms with Crippen LogP contribution >= 0.6 is 11.8 Å². The summed E-state index contributed by atoms with van der Waals surface area (Å²) in [5.41, 5.74) is 2.04. The van der Waals surface area contributed by atoms with E-state index in [1.54, 1.807) is 0 Å². The number of hydrogen-bond donors (Lipinski definition) is 0. The average molecular weight is 381 g/mol. The van der Waals surface area contributed by atoms with Crippen LogP contribution in [-0.4, -0.2) is 42.3 Å². The van der Waals surface area contributed by atoms with Crippen LogP contribution in [0.4, 0.5) is 5.69 Å². The maximum absolute atomic E-state index is 12.5. The predicted molar refractivity (Wildman–Crippen MR) is 104 cm³/mol. The Morgan fingerprint density at radius 1 is 1.24 bits per heavy atom. The molecule has 1 amide bonds. The third kappa shape index (κ3) is 3.77. The fourth-order valence-corrected chi connectivity index (χ4v) is 7.31. The lowest BCUT2D eigenvalue weighted by molar-refractivity contribution is -0.121. The monoisotopic (exact) mass is 380 g/mol. The highest BCUT2D eigenvalue weighted by Gasteiger charge is 2.49. The number of amides is 1. The first-order chi connectivity index (χ1) is 11.8. The van der Waals surface area contributed by atoms with Gasteiger partial charge in [0.2, 0.25) is 0 Å². The molecule has 2 saturated heterocycles. The van der Waals surface area contributed by atoms with Gasteiger partial charge in [-0.05, 0) is 31.9 Å². The Balaban J connectivity index is 1.97. The van der Waals surface area contributed by atoms with Crippen molar-refractivity contribution in [3.63, 3.8) is 0 Å². The van der Waals surface area contributed by atoms with Crippen LogP contribution in [0.3, 0.4) is 0 Å². The SMILES string of the molecule is CCC(CC)C(=O)N=C1S[C@H]2CS(=O)(=O)C[C@@H]2N1c1ccc(C)cc1. The van der Waals surface area contributed by atoms with Gasteiger partial charge in [-0.1, -0.05) is 43.3 Å². The van der Waals surface area contributed by atoms with E-state index in [-0.39, 0.29) is 34.6 Å². The number of carbonyl (C=O) groups excluding carboxylic acids is 1. The number of sulfone groups is 1. The van der Waals surface area contributed by atoms with E-state index in [4.69, 9.17) is 0 Å². The van der Waals surface area contributed by atoms with Gasteiger partial charge in [-0.15, -0.1) is 0 Å². The summed E-state index contributed by atoms with van der Waals surface area (Å²) in [5, 5.41) is 0.588. The number of amidine groups is 1. The minimum atomic E-state index is -3.03. The first-order valence-electron chi connectivity index (χ1n) is 8.70. The topological polar surface area (TPSA) is 66.8 Å². The second kappa shape index (κ2) is 7.11. The van der Waals surface area contributed by atoms with Crippen molar-refractivity contribution < 1.29 is 13.2 Å². The predicted octanol–water partition coefficient (Wildman–Crippen LogP) is 3.03. The van der Waals surface area contributed by atoms with Gasteiger partial charge in [-0.2, -0.15) is 4.99 Å². The summed E-state index contributed by atoms with van der Waals surface area (Å²) in [4.78, 5) is 18.9. The molecule has 3 rings (SSSR count). The molecule has 0 bridgehead atoms. The molecule has 2 aliphatic heterocycles. The summed E-state index contributed by atoms with van der Waals surface area (Å²) in [6, 6.07) is 7.79. The van der Waals surface area contributed by atoms with Crippen molar-refractivity contribution in [1.29, 1.82) is 0 Å². The average Bonchev–Trinajstić information content (AvgIpc) is 3.00. The first kappa shape index (κ1) is 18.5. The molecule has 0 aliphatic carbocycles. The van der Waals surface area contributed by atoms with Gasteiger partial charge in [0, 0.05) is 16.9 Å². The smallest absolute Gasteiger partial charge is 0.251 e. The maximum atomic E-state index is 12.5. The summed E-state index contributed by atoms with van der Waals surface area (Å²) >= 11 is 1.43. The quantitative estimate of drug-likeness (QED) is 0.803. The Labute approximate surface area is 153 Å². The molecule has 2 atom stereocenters. The Bertz CT molecular complexity index is 783. The maximum Gasteiger partial charge on any atom is 0.251 e. The zero-order valence-electron chi connectivity index (χ0n) is 14.8. The molecule has 25 heavy (non-hydrogen) atoms. The van der Waals surface area contributed by atoms with Gasteiger partial charge in [0.15, 0.2) is 15.0 Å². The normalized spacial score (nSPS) is 26.4. The molecular weight excluding hydrogens is 356 g/mol. The Morgan fingerprint density at radius 2 is 1.88 bits per heavy atom. The fourth-order valence-electron chi connectivity index (χ4n) is 3.40. The van der Waals surface area contributed by atoms with Crippen LogP contribution in [0.2, 0.25) is 0 Å². The standard InChI is InChI=1S/C18H24N2O3S2/c1-4-13(5-2)17(21)19-18-20(14-8-6-12(3)7-9-14)15-10-25(22,23)11-16(15)24-18/h6-9,13,15-16H,4-5,10-11H2,1-3H3/t15-,16-/m0/s1. The van der Waals surface area contributed by atoms with Crippen LogP contribution in [0.25, 0.3) is 0 Å². The zero-order chi connectivity index (χ0) is 18.2. The molecule has 1 aromatic rings. The summed E-state index contributed by atoms with van der Waals surface area (Å²) < 4.78 is 24.1. The number of aliphatic imine (C=N–C) groups is 1. The number of rotatable bonds is 4. The number of thioether (sulfide) groups is 1. The van der Waals surface area contributed by atoms with Crippen molar-refractivity contribution in [1.82, 2.24) is 0 Å². The molecule has 0 saturated carbocycles. The lowest BCUT2D eigenvalue weighted by Gasteiger charge is -2.24. The molecule has 136 valence electrons. The van der Waals surface area contributed by atoms with E-state index in [0.29, 0.717) is 5.17 Å². The van der Waals surface area contributed by atoms with Crippen LogP contribution < -0.4 is 4.90 Å². The number of benzene rings is 1. The van der Waals surface area contributed by atoms with Crippen LogP contribution in [0.1, 0.15) is 32.3 Å². The van der Waals surface area contributed by atoms with Crippen LogP contribution in [-0.2, 0) is 14.6 Å². The highest BCUT2D eigenvalue weighted by molar-refractivity contribution is 8.16. The number of aryl methyl sites for hydroxylation is 1. The second-order valence-electron chi connectivity index (χ2n) is 6.75. The van der Waals surface area contributed by atoms with Gasteiger partial charge < -0.3 is 4.90 Å². The van der Waals surface area contributed by atoms with Gasteiger partial charge in [-0.3, -0.25) is 4.79 Å². The zero-order valence-corrected chi connectivity index (χ0v) is 16.4. The van der Waals surface area contributed by atoms with Gasteiger partial charge >= 0.3 is 0 Å². The van der Waals surface area contributed by atoms with Gasteiger partial charge in [0.05, 0.1) is 17.5 Å². The van der Waals surface area contributed by atoms with Crippen LogP contribution in [0, 0.1) is 12.8 Å². The number of carbonyl (C=O) groups is 1. The van der Waals surface area contributed by atoms with E-state index in [1.807, 2.05) is 49.9 Å². The summed E-state index contributed by atoms with van der Waals surface area (Å²) in [6.45, 7) is 6.00. The highest BCUT2D eigenvalue weighted by atomic mass is 32.2. The third-order valence-electron chi connectivity index (χ3n) is 4.92. The summed E-state index contributed by atoms with van der Waals surface area (Å²) in [6.07, 6.45) is 1.53. The third-order valence-corrected chi connectivity index (χ3v) is 8.13. The summed E-state index contributed by atoms with van der Waals surface area (Å²) in [7, 11) is -3.03. The van der Waals surface area contributed by atoms with Crippen LogP contribution in [0.15, 0.2) is 29.3 Å².